The molecule has 104 valence electrons. The number of para-hydroxylation sites is 1. The van der Waals surface area contributed by atoms with Crippen molar-refractivity contribution in [3.8, 4) is 5.75 Å². The third-order valence-electron chi connectivity index (χ3n) is 3.47. The van der Waals surface area contributed by atoms with Gasteiger partial charge in [0.2, 0.25) is 0 Å². The monoisotopic (exact) mass is 296 g/mol. The zero-order chi connectivity index (χ0) is 14.8. The molecule has 0 aromatic heterocycles. The average molecular weight is 297 g/mol. The summed E-state index contributed by atoms with van der Waals surface area (Å²) in [6.45, 7) is 0. The Balaban J connectivity index is 2.21. The van der Waals surface area contributed by atoms with Crippen molar-refractivity contribution >= 4 is 28.2 Å². The number of carbonyl (C=O) groups is 1. The van der Waals surface area contributed by atoms with Gasteiger partial charge in [0.05, 0.1) is 12.7 Å². The Hall–Kier alpha value is -2.32. The second-order valence-electron chi connectivity index (χ2n) is 4.67. The van der Waals surface area contributed by atoms with Gasteiger partial charge in [-0.1, -0.05) is 48.0 Å². The first-order valence-electron chi connectivity index (χ1n) is 6.57. The highest BCUT2D eigenvalue weighted by atomic mass is 35.5. The van der Waals surface area contributed by atoms with Gasteiger partial charge < -0.3 is 4.74 Å². The number of fused-ring (bicyclic) bond motifs is 1. The van der Waals surface area contributed by atoms with Crippen molar-refractivity contribution < 1.29 is 9.53 Å². The van der Waals surface area contributed by atoms with Gasteiger partial charge in [0.25, 0.3) is 0 Å². The molecule has 0 radical (unpaired) electrons. The third kappa shape index (κ3) is 2.39. The number of ether oxygens (including phenoxy) is 1. The molecule has 3 aromatic rings. The molecule has 0 N–H and O–H groups in total. The molecule has 0 aliphatic carbocycles. The molecule has 21 heavy (non-hydrogen) atoms. The van der Waals surface area contributed by atoms with E-state index in [1.807, 2.05) is 36.4 Å². The number of halogens is 1. The molecule has 0 aliphatic rings. The Morgan fingerprint density at radius 3 is 2.29 bits per heavy atom. The van der Waals surface area contributed by atoms with Gasteiger partial charge in [-0.15, -0.1) is 0 Å². The van der Waals surface area contributed by atoms with Crippen LogP contribution in [0.25, 0.3) is 10.8 Å². The highest BCUT2D eigenvalue weighted by molar-refractivity contribution is 6.36. The molecule has 0 heterocycles. The number of carbonyl (C=O) groups excluding carboxylic acids is 1. The van der Waals surface area contributed by atoms with Gasteiger partial charge in [-0.05, 0) is 29.7 Å². The second-order valence-corrected chi connectivity index (χ2v) is 5.08. The lowest BCUT2D eigenvalue weighted by atomic mass is 9.97. The zero-order valence-electron chi connectivity index (χ0n) is 11.5. The third-order valence-corrected chi connectivity index (χ3v) is 3.80. The van der Waals surface area contributed by atoms with Crippen LogP contribution in [0.15, 0.2) is 60.7 Å². The van der Waals surface area contributed by atoms with Crippen molar-refractivity contribution in [2.45, 2.75) is 0 Å². The normalized spacial score (nSPS) is 10.6. The Labute approximate surface area is 127 Å². The van der Waals surface area contributed by atoms with E-state index >= 15 is 0 Å². The molecule has 0 unspecified atom stereocenters. The topological polar surface area (TPSA) is 26.3 Å². The lowest BCUT2D eigenvalue weighted by Crippen LogP contribution is -2.04. The summed E-state index contributed by atoms with van der Waals surface area (Å²) in [5, 5.41) is 2.36. The predicted octanol–water partition coefficient (Wildman–Crippen LogP) is 4.73. The second kappa shape index (κ2) is 5.58. The van der Waals surface area contributed by atoms with E-state index in [0.29, 0.717) is 21.9 Å². The van der Waals surface area contributed by atoms with Crippen molar-refractivity contribution in [3.63, 3.8) is 0 Å². The minimum Gasteiger partial charge on any atom is -0.496 e. The molecule has 3 rings (SSSR count). The van der Waals surface area contributed by atoms with E-state index in [2.05, 4.69) is 0 Å². The van der Waals surface area contributed by atoms with Crippen molar-refractivity contribution in [1.82, 2.24) is 0 Å². The number of rotatable bonds is 3. The van der Waals surface area contributed by atoms with Gasteiger partial charge in [0.15, 0.2) is 5.78 Å². The molecule has 2 nitrogen and oxygen atoms in total. The molecule has 0 aliphatic heterocycles. The maximum absolute atomic E-state index is 12.8. The summed E-state index contributed by atoms with van der Waals surface area (Å²) in [4.78, 5) is 12.8. The van der Waals surface area contributed by atoms with E-state index in [1.54, 1.807) is 31.4 Å². The number of ketones is 1. The van der Waals surface area contributed by atoms with Gasteiger partial charge in [-0.25, -0.2) is 0 Å². The van der Waals surface area contributed by atoms with E-state index in [1.165, 1.54) is 0 Å². The molecular formula is C18H13ClO2. The van der Waals surface area contributed by atoms with Crippen LogP contribution in [-0.2, 0) is 0 Å². The van der Waals surface area contributed by atoms with Crippen LogP contribution in [0.1, 0.15) is 15.9 Å². The fourth-order valence-corrected chi connectivity index (χ4v) is 2.67. The Morgan fingerprint density at radius 2 is 1.52 bits per heavy atom. The summed E-state index contributed by atoms with van der Waals surface area (Å²) in [6.07, 6.45) is 0. The number of benzene rings is 3. The van der Waals surface area contributed by atoms with E-state index in [-0.39, 0.29) is 5.78 Å². The fourth-order valence-electron chi connectivity index (χ4n) is 2.44. The highest BCUT2D eigenvalue weighted by Crippen LogP contribution is 2.29. The summed E-state index contributed by atoms with van der Waals surface area (Å²) in [7, 11) is 1.56. The van der Waals surface area contributed by atoms with E-state index in [9.17, 15) is 4.79 Å². The van der Waals surface area contributed by atoms with Crippen LogP contribution in [0.4, 0.5) is 0 Å². The maximum Gasteiger partial charge on any atom is 0.197 e. The Morgan fingerprint density at radius 1 is 0.857 bits per heavy atom. The fraction of sp³-hybridized carbons (Fsp3) is 0.0556. The van der Waals surface area contributed by atoms with E-state index < -0.39 is 0 Å². The first-order chi connectivity index (χ1) is 10.2. The number of hydrogen-bond donors (Lipinski definition) is 0. The Bertz CT molecular complexity index is 824. The molecule has 0 amide bonds. The van der Waals surface area contributed by atoms with Crippen LogP contribution in [-0.4, -0.2) is 12.9 Å². The van der Waals surface area contributed by atoms with Crippen molar-refractivity contribution in [2.24, 2.45) is 0 Å². The summed E-state index contributed by atoms with van der Waals surface area (Å²) >= 11 is 6.20. The molecule has 0 saturated carbocycles. The minimum atomic E-state index is -0.0692. The van der Waals surface area contributed by atoms with Gasteiger partial charge in [0.1, 0.15) is 5.75 Å². The van der Waals surface area contributed by atoms with Crippen LogP contribution in [0.5, 0.6) is 5.75 Å². The molecule has 0 saturated heterocycles. The summed E-state index contributed by atoms with van der Waals surface area (Å²) in [6, 6.07) is 18.4. The van der Waals surface area contributed by atoms with Crippen LogP contribution < -0.4 is 4.74 Å². The van der Waals surface area contributed by atoms with Crippen molar-refractivity contribution in [1.29, 1.82) is 0 Å². The van der Waals surface area contributed by atoms with Crippen LogP contribution >= 0.6 is 11.6 Å². The first-order valence-corrected chi connectivity index (χ1v) is 6.95. The lowest BCUT2D eigenvalue weighted by molar-refractivity contribution is 0.103. The van der Waals surface area contributed by atoms with Crippen molar-refractivity contribution in [3.05, 3.63) is 76.8 Å². The van der Waals surface area contributed by atoms with E-state index in [4.69, 9.17) is 16.3 Å². The van der Waals surface area contributed by atoms with Crippen LogP contribution in [0.3, 0.4) is 0 Å². The van der Waals surface area contributed by atoms with Gasteiger partial charge >= 0.3 is 0 Å². The van der Waals surface area contributed by atoms with Crippen molar-refractivity contribution in [2.75, 3.05) is 7.11 Å². The SMILES string of the molecule is COc1ccccc1C(=O)c1ccc(Cl)c2ccccc12. The quantitative estimate of drug-likeness (QED) is 0.653. The Kier molecular flexibility index (Phi) is 3.63. The summed E-state index contributed by atoms with van der Waals surface area (Å²) in [5.41, 5.74) is 1.17. The number of hydrogen-bond acceptors (Lipinski definition) is 2. The van der Waals surface area contributed by atoms with Gasteiger partial charge in [-0.3, -0.25) is 4.79 Å². The number of methoxy groups -OCH3 is 1. The van der Waals surface area contributed by atoms with E-state index in [0.717, 1.165) is 10.8 Å². The average Bonchev–Trinajstić information content (AvgIpc) is 2.55. The van der Waals surface area contributed by atoms with Crippen LogP contribution in [0, 0.1) is 0 Å². The standard InChI is InChI=1S/C18H13ClO2/c1-21-17-9-5-4-8-15(17)18(20)14-10-11-16(19)13-7-3-2-6-12(13)14/h2-11H,1H3. The lowest BCUT2D eigenvalue weighted by Gasteiger charge is -2.10. The molecule has 0 bridgehead atoms. The summed E-state index contributed by atoms with van der Waals surface area (Å²) < 4.78 is 5.28. The first kappa shape index (κ1) is 13.7. The smallest absolute Gasteiger partial charge is 0.197 e. The van der Waals surface area contributed by atoms with Crippen LogP contribution in [0.2, 0.25) is 5.02 Å². The predicted molar refractivity (Wildman–Crippen MR) is 85.4 cm³/mol. The maximum atomic E-state index is 12.8. The molecule has 0 atom stereocenters. The molecule has 3 heteroatoms. The summed E-state index contributed by atoms with van der Waals surface area (Å²) in [5.74, 6) is 0.502. The molecule has 0 spiro atoms. The molecule has 3 aromatic carbocycles. The zero-order valence-corrected chi connectivity index (χ0v) is 12.2. The highest BCUT2D eigenvalue weighted by Gasteiger charge is 2.17. The molecule has 0 fully saturated rings. The van der Waals surface area contributed by atoms with Gasteiger partial charge in [-0.2, -0.15) is 0 Å². The molecular weight excluding hydrogens is 284 g/mol. The minimum absolute atomic E-state index is 0.0692. The van der Waals surface area contributed by atoms with Gasteiger partial charge in [0, 0.05) is 16.0 Å². The largest absolute Gasteiger partial charge is 0.496 e.